The number of nitrogens with zero attached hydrogens (tertiary/aromatic N) is 1. The first-order valence-corrected chi connectivity index (χ1v) is 8.72. The molecule has 0 aliphatic heterocycles. The van der Waals surface area contributed by atoms with E-state index in [4.69, 9.17) is 0 Å². The molecule has 1 aliphatic carbocycles. The third-order valence-electron chi connectivity index (χ3n) is 4.78. The highest BCUT2D eigenvalue weighted by Crippen LogP contribution is 2.28. The number of nitrogens with one attached hydrogen (secondary N) is 1. The molecule has 0 aromatic heterocycles. The number of aliphatic carboxylic acids is 1. The zero-order valence-corrected chi connectivity index (χ0v) is 14.8. The maximum atomic E-state index is 12.7. The maximum Gasteiger partial charge on any atom is 0.326 e. The number of carbonyl (C=O) groups is 3. The van der Waals surface area contributed by atoms with Crippen molar-refractivity contribution in [1.29, 1.82) is 0 Å². The second-order valence-electron chi connectivity index (χ2n) is 6.67. The lowest BCUT2D eigenvalue weighted by atomic mass is 9.82. The van der Waals surface area contributed by atoms with Crippen molar-refractivity contribution >= 4 is 17.8 Å². The minimum atomic E-state index is -1.04. The third kappa shape index (κ3) is 5.31. The van der Waals surface area contributed by atoms with Crippen LogP contribution in [0.3, 0.4) is 0 Å². The van der Waals surface area contributed by atoms with Crippen molar-refractivity contribution in [2.75, 3.05) is 13.1 Å². The summed E-state index contributed by atoms with van der Waals surface area (Å²) >= 11 is 0. The summed E-state index contributed by atoms with van der Waals surface area (Å²) < 4.78 is 0. The molecule has 1 aliphatic rings. The number of hydrogen-bond donors (Lipinski definition) is 2. The predicted octanol–water partition coefficient (Wildman–Crippen LogP) is 1.62. The van der Waals surface area contributed by atoms with Crippen molar-refractivity contribution in [3.63, 3.8) is 0 Å². The Morgan fingerprint density at radius 1 is 1.28 bits per heavy atom. The Hall–Kier alpha value is -2.37. The zero-order chi connectivity index (χ0) is 18.4. The van der Waals surface area contributed by atoms with Gasteiger partial charge in [0.25, 0.3) is 0 Å². The van der Waals surface area contributed by atoms with E-state index < -0.39 is 12.0 Å². The van der Waals surface area contributed by atoms with E-state index in [1.54, 1.807) is 0 Å². The van der Waals surface area contributed by atoms with Gasteiger partial charge in [0.2, 0.25) is 11.8 Å². The molecule has 0 saturated carbocycles. The number of carbonyl (C=O) groups excluding carboxylic acids is 2. The van der Waals surface area contributed by atoms with Crippen LogP contribution in [0.5, 0.6) is 0 Å². The Morgan fingerprint density at radius 3 is 2.60 bits per heavy atom. The second-order valence-corrected chi connectivity index (χ2v) is 6.67. The van der Waals surface area contributed by atoms with Crippen molar-refractivity contribution in [3.05, 3.63) is 35.4 Å². The molecule has 2 N–H and O–H groups in total. The first-order chi connectivity index (χ1) is 11.9. The number of fused-ring (bicyclic) bond motifs is 1. The molecule has 0 heterocycles. The number of carboxylic acids is 1. The lowest BCUT2D eigenvalue weighted by molar-refractivity contribution is -0.149. The Bertz CT molecular complexity index is 644. The van der Waals surface area contributed by atoms with Crippen LogP contribution in [0.2, 0.25) is 0 Å². The number of benzene rings is 1. The quantitative estimate of drug-likeness (QED) is 0.785. The molecule has 2 atom stereocenters. The van der Waals surface area contributed by atoms with E-state index in [1.165, 1.54) is 29.9 Å². The maximum absolute atomic E-state index is 12.7. The molecule has 136 valence electrons. The van der Waals surface area contributed by atoms with Crippen molar-refractivity contribution in [2.45, 2.75) is 45.6 Å². The summed E-state index contributed by atoms with van der Waals surface area (Å²) in [6.07, 6.45) is 3.08. The van der Waals surface area contributed by atoms with Crippen LogP contribution < -0.4 is 5.32 Å². The summed E-state index contributed by atoms with van der Waals surface area (Å²) in [5.74, 6) is -1.17. The monoisotopic (exact) mass is 346 g/mol. The molecule has 0 radical (unpaired) electrons. The van der Waals surface area contributed by atoms with Gasteiger partial charge in [-0.2, -0.15) is 0 Å². The Morgan fingerprint density at radius 2 is 1.96 bits per heavy atom. The molecule has 2 amide bonds. The summed E-state index contributed by atoms with van der Waals surface area (Å²) in [7, 11) is 0. The first-order valence-electron chi connectivity index (χ1n) is 8.72. The van der Waals surface area contributed by atoms with Crippen molar-refractivity contribution < 1.29 is 19.5 Å². The van der Waals surface area contributed by atoms with Crippen LogP contribution in [0, 0.1) is 5.92 Å². The van der Waals surface area contributed by atoms with Crippen molar-refractivity contribution in [3.8, 4) is 0 Å². The summed E-state index contributed by atoms with van der Waals surface area (Å²) in [4.78, 5) is 36.4. The molecule has 0 spiro atoms. The Balaban J connectivity index is 1.98. The molecule has 0 bridgehead atoms. The van der Waals surface area contributed by atoms with E-state index in [9.17, 15) is 19.5 Å². The number of carboxylic acid groups (broad SMARTS) is 1. The van der Waals surface area contributed by atoms with Gasteiger partial charge in [0.05, 0.1) is 0 Å². The molecule has 0 fully saturated rings. The molecular formula is C19H26N2O4. The Labute approximate surface area is 148 Å². The van der Waals surface area contributed by atoms with Crippen molar-refractivity contribution in [1.82, 2.24) is 10.2 Å². The minimum absolute atomic E-state index is 0.162. The fraction of sp³-hybridized carbons (Fsp3) is 0.526. The fourth-order valence-electron chi connectivity index (χ4n) is 3.33. The van der Waals surface area contributed by atoms with Crippen LogP contribution in [0.25, 0.3) is 0 Å². The summed E-state index contributed by atoms with van der Waals surface area (Å²) in [5, 5.41) is 11.9. The van der Waals surface area contributed by atoms with E-state index in [0.29, 0.717) is 6.42 Å². The van der Waals surface area contributed by atoms with Gasteiger partial charge in [-0.1, -0.05) is 24.3 Å². The number of hydrogen-bond acceptors (Lipinski definition) is 3. The van der Waals surface area contributed by atoms with E-state index in [-0.39, 0.29) is 30.8 Å². The van der Waals surface area contributed by atoms with Gasteiger partial charge in [-0.3, -0.25) is 9.59 Å². The SMILES string of the molecule is CC(=O)NCCN(C(=O)CC1CCc2ccccc2C1)C(C)C(=O)O. The zero-order valence-electron chi connectivity index (χ0n) is 14.8. The second kappa shape index (κ2) is 8.65. The highest BCUT2D eigenvalue weighted by atomic mass is 16.4. The van der Waals surface area contributed by atoms with Crippen LogP contribution in [-0.2, 0) is 27.2 Å². The number of amides is 2. The van der Waals surface area contributed by atoms with Gasteiger partial charge in [-0.05, 0) is 43.2 Å². The standard InChI is InChI=1S/C19H26N2O4/c1-13(19(24)25)21(10-9-20-14(2)22)18(23)12-15-7-8-16-5-3-4-6-17(16)11-15/h3-6,13,15H,7-12H2,1-2H3,(H,20,22)(H,24,25). The first kappa shape index (κ1) is 19.0. The van der Waals surface area contributed by atoms with Gasteiger partial charge >= 0.3 is 5.97 Å². The van der Waals surface area contributed by atoms with E-state index in [0.717, 1.165) is 19.3 Å². The van der Waals surface area contributed by atoms with Gasteiger partial charge in [0.15, 0.2) is 0 Å². The van der Waals surface area contributed by atoms with Crippen LogP contribution in [0.15, 0.2) is 24.3 Å². The molecule has 2 rings (SSSR count). The van der Waals surface area contributed by atoms with E-state index in [2.05, 4.69) is 17.4 Å². The molecular weight excluding hydrogens is 320 g/mol. The molecule has 2 unspecified atom stereocenters. The summed E-state index contributed by atoms with van der Waals surface area (Å²) in [5.41, 5.74) is 2.62. The fourth-order valence-corrected chi connectivity index (χ4v) is 3.33. The van der Waals surface area contributed by atoms with Gasteiger partial charge in [-0.15, -0.1) is 0 Å². The Kier molecular flexibility index (Phi) is 6.56. The van der Waals surface area contributed by atoms with Crippen LogP contribution >= 0.6 is 0 Å². The van der Waals surface area contributed by atoms with Gasteiger partial charge < -0.3 is 15.3 Å². The van der Waals surface area contributed by atoms with Crippen LogP contribution in [-0.4, -0.2) is 46.9 Å². The summed E-state index contributed by atoms with van der Waals surface area (Å²) in [6, 6.07) is 7.36. The van der Waals surface area contributed by atoms with E-state index in [1.807, 2.05) is 12.1 Å². The number of rotatable bonds is 7. The molecule has 0 saturated heterocycles. The lowest BCUT2D eigenvalue weighted by Crippen LogP contribution is -2.47. The smallest absolute Gasteiger partial charge is 0.326 e. The molecule has 6 nitrogen and oxygen atoms in total. The minimum Gasteiger partial charge on any atom is -0.480 e. The van der Waals surface area contributed by atoms with Gasteiger partial charge in [-0.25, -0.2) is 4.79 Å². The van der Waals surface area contributed by atoms with Crippen molar-refractivity contribution in [2.24, 2.45) is 5.92 Å². The average Bonchev–Trinajstić information content (AvgIpc) is 2.57. The lowest BCUT2D eigenvalue weighted by Gasteiger charge is -2.30. The normalized spacial score (nSPS) is 17.3. The van der Waals surface area contributed by atoms with Crippen LogP contribution in [0.1, 0.15) is 37.8 Å². The third-order valence-corrected chi connectivity index (χ3v) is 4.78. The topological polar surface area (TPSA) is 86.7 Å². The molecule has 1 aromatic carbocycles. The largest absolute Gasteiger partial charge is 0.480 e. The molecule has 6 heteroatoms. The molecule has 25 heavy (non-hydrogen) atoms. The van der Waals surface area contributed by atoms with Gasteiger partial charge in [0, 0.05) is 26.4 Å². The van der Waals surface area contributed by atoms with E-state index >= 15 is 0 Å². The average molecular weight is 346 g/mol. The molecule has 1 aromatic rings. The highest BCUT2D eigenvalue weighted by Gasteiger charge is 2.28. The summed E-state index contributed by atoms with van der Waals surface area (Å²) in [6.45, 7) is 3.36. The predicted molar refractivity (Wildman–Crippen MR) is 94.1 cm³/mol. The number of aryl methyl sites for hydroxylation is 1. The highest BCUT2D eigenvalue weighted by molar-refractivity contribution is 5.83. The van der Waals surface area contributed by atoms with Gasteiger partial charge in [0.1, 0.15) is 6.04 Å². The van der Waals surface area contributed by atoms with Crippen LogP contribution in [0.4, 0.5) is 0 Å².